The van der Waals surface area contributed by atoms with E-state index in [-0.39, 0.29) is 25.6 Å². The molecule has 0 spiro atoms. The van der Waals surface area contributed by atoms with E-state index in [2.05, 4.69) is 20.9 Å². The van der Waals surface area contributed by atoms with Crippen LogP contribution in [0.2, 0.25) is 10.0 Å². The zero-order valence-electron chi connectivity index (χ0n) is 9.04. The van der Waals surface area contributed by atoms with Crippen molar-refractivity contribution in [2.24, 2.45) is 0 Å². The Bertz CT molecular complexity index is 812. The van der Waals surface area contributed by atoms with Gasteiger partial charge in [0.05, 0.1) is 25.6 Å². The molecule has 1 heterocycles. The quantitative estimate of drug-likeness (QED) is 0.625. The molecule has 0 amide bonds. The molecule has 2 rings (SSSR count). The Morgan fingerprint density at radius 1 is 1.42 bits per heavy atom. The van der Waals surface area contributed by atoms with Crippen molar-refractivity contribution >= 4 is 56.1 Å². The highest BCUT2D eigenvalue weighted by Gasteiger charge is 2.17. The Hall–Kier alpha value is -1.31. The normalized spacial score (nSPS) is 10.9. The number of fused-ring (bicyclic) bond motifs is 1. The van der Waals surface area contributed by atoms with Gasteiger partial charge in [-0.3, -0.25) is 19.0 Å². The third kappa shape index (κ3) is 2.41. The van der Waals surface area contributed by atoms with Crippen LogP contribution in [-0.2, 0) is 11.3 Å². The van der Waals surface area contributed by atoms with Gasteiger partial charge in [-0.1, -0.05) is 23.2 Å². The lowest BCUT2D eigenvalue weighted by Crippen LogP contribution is -2.38. The average molecular weight is 368 g/mol. The van der Waals surface area contributed by atoms with Crippen LogP contribution in [0.4, 0.5) is 0 Å². The number of carboxylic acid groups (broad SMARTS) is 1. The van der Waals surface area contributed by atoms with Gasteiger partial charge in [0.2, 0.25) is 0 Å². The van der Waals surface area contributed by atoms with E-state index in [0.29, 0.717) is 0 Å². The molecule has 1 aromatic heterocycles. The van der Waals surface area contributed by atoms with Crippen LogP contribution in [0.25, 0.3) is 11.0 Å². The second kappa shape index (κ2) is 4.99. The summed E-state index contributed by atoms with van der Waals surface area (Å²) in [5, 5.41) is 9.10. The number of aromatic nitrogens is 2. The Labute approximate surface area is 123 Å². The second-order valence-corrected chi connectivity index (χ2v) is 5.20. The smallest absolute Gasteiger partial charge is 0.323 e. The number of halogens is 3. The predicted molar refractivity (Wildman–Crippen MR) is 74.2 cm³/mol. The number of hydrogen-bond donors (Lipinski definition) is 2. The van der Waals surface area contributed by atoms with Gasteiger partial charge < -0.3 is 10.1 Å². The van der Waals surface area contributed by atoms with Gasteiger partial charge in [0.15, 0.2) is 0 Å². The van der Waals surface area contributed by atoms with Crippen molar-refractivity contribution in [3.8, 4) is 0 Å². The van der Waals surface area contributed by atoms with E-state index < -0.39 is 23.6 Å². The molecule has 0 radical (unpaired) electrons. The highest BCUT2D eigenvalue weighted by atomic mass is 79.9. The minimum absolute atomic E-state index is 0.125. The summed E-state index contributed by atoms with van der Waals surface area (Å²) in [6.45, 7) is -0.657. The summed E-state index contributed by atoms with van der Waals surface area (Å²) in [6, 6.07) is 1.35. The van der Waals surface area contributed by atoms with Crippen LogP contribution < -0.4 is 11.1 Å². The van der Waals surface area contributed by atoms with Crippen molar-refractivity contribution in [2.45, 2.75) is 6.54 Å². The first kappa shape index (κ1) is 14.1. The lowest BCUT2D eigenvalue weighted by atomic mass is 10.3. The molecule has 0 aliphatic heterocycles. The van der Waals surface area contributed by atoms with E-state index in [1.807, 2.05) is 0 Å². The highest BCUT2D eigenvalue weighted by Crippen LogP contribution is 2.35. The lowest BCUT2D eigenvalue weighted by Gasteiger charge is -2.11. The molecule has 2 aromatic rings. The van der Waals surface area contributed by atoms with Crippen LogP contribution in [0.5, 0.6) is 0 Å². The summed E-state index contributed by atoms with van der Waals surface area (Å²) in [7, 11) is 0. The van der Waals surface area contributed by atoms with Crippen molar-refractivity contribution in [1.82, 2.24) is 9.55 Å². The maximum atomic E-state index is 11.7. The number of benzene rings is 1. The van der Waals surface area contributed by atoms with Gasteiger partial charge in [-0.15, -0.1) is 0 Å². The minimum Gasteiger partial charge on any atom is -0.480 e. The highest BCUT2D eigenvalue weighted by molar-refractivity contribution is 9.10. The largest absolute Gasteiger partial charge is 0.480 e. The molecule has 0 bridgehead atoms. The summed E-state index contributed by atoms with van der Waals surface area (Å²) in [6.07, 6.45) is 0. The van der Waals surface area contributed by atoms with E-state index in [4.69, 9.17) is 28.3 Å². The molecule has 1 aromatic carbocycles. The van der Waals surface area contributed by atoms with Crippen molar-refractivity contribution in [3.05, 3.63) is 41.3 Å². The molecular weight excluding hydrogens is 363 g/mol. The van der Waals surface area contributed by atoms with E-state index >= 15 is 0 Å². The van der Waals surface area contributed by atoms with E-state index in [1.54, 1.807) is 0 Å². The number of nitrogens with zero attached hydrogens (tertiary/aromatic N) is 1. The van der Waals surface area contributed by atoms with Gasteiger partial charge in [0.25, 0.3) is 0 Å². The third-order valence-corrected chi connectivity index (χ3v) is 4.18. The number of rotatable bonds is 2. The molecule has 9 heteroatoms. The zero-order valence-corrected chi connectivity index (χ0v) is 12.1. The number of nitrogens with one attached hydrogen (secondary N) is 1. The molecule has 0 aliphatic carbocycles. The summed E-state index contributed by atoms with van der Waals surface area (Å²) in [5.74, 6) is -1.26. The number of aromatic amines is 1. The predicted octanol–water partition coefficient (Wildman–Crippen LogP) is 1.84. The fourth-order valence-electron chi connectivity index (χ4n) is 1.63. The van der Waals surface area contributed by atoms with Crippen LogP contribution in [0.15, 0.2) is 20.1 Å². The van der Waals surface area contributed by atoms with Gasteiger partial charge >= 0.3 is 17.1 Å². The number of hydrogen-bond acceptors (Lipinski definition) is 3. The van der Waals surface area contributed by atoms with Crippen LogP contribution >= 0.6 is 39.1 Å². The molecular formula is C10H5BrCl2N2O4. The fourth-order valence-corrected chi connectivity index (χ4v) is 2.73. The van der Waals surface area contributed by atoms with E-state index in [0.717, 1.165) is 4.57 Å². The van der Waals surface area contributed by atoms with Crippen LogP contribution in [0.3, 0.4) is 0 Å². The van der Waals surface area contributed by atoms with Gasteiger partial charge in [0, 0.05) is 0 Å². The Balaban J connectivity index is 3.03. The number of carboxylic acids is 1. The third-order valence-electron chi connectivity index (χ3n) is 2.39. The zero-order chi connectivity index (χ0) is 14.3. The van der Waals surface area contributed by atoms with E-state index in [9.17, 15) is 14.4 Å². The van der Waals surface area contributed by atoms with Crippen LogP contribution in [0, 0.1) is 0 Å². The van der Waals surface area contributed by atoms with E-state index in [1.165, 1.54) is 6.07 Å². The monoisotopic (exact) mass is 366 g/mol. The summed E-state index contributed by atoms with van der Waals surface area (Å²) >= 11 is 14.9. The summed E-state index contributed by atoms with van der Waals surface area (Å²) in [5.41, 5.74) is -1.53. The van der Waals surface area contributed by atoms with Crippen LogP contribution in [-0.4, -0.2) is 20.6 Å². The molecule has 2 N–H and O–H groups in total. The van der Waals surface area contributed by atoms with Crippen molar-refractivity contribution < 1.29 is 9.90 Å². The molecule has 100 valence electrons. The van der Waals surface area contributed by atoms with Crippen LogP contribution in [0.1, 0.15) is 0 Å². The first-order valence-corrected chi connectivity index (χ1v) is 6.40. The molecule has 0 saturated carbocycles. The van der Waals surface area contributed by atoms with Crippen molar-refractivity contribution in [2.75, 3.05) is 0 Å². The molecule has 0 aliphatic rings. The van der Waals surface area contributed by atoms with Crippen molar-refractivity contribution in [1.29, 1.82) is 0 Å². The number of aliphatic carboxylic acids is 1. The minimum atomic E-state index is -1.26. The van der Waals surface area contributed by atoms with Gasteiger partial charge in [0.1, 0.15) is 6.54 Å². The maximum absolute atomic E-state index is 11.7. The topological polar surface area (TPSA) is 92.2 Å². The molecule has 0 saturated heterocycles. The Kier molecular flexibility index (Phi) is 3.71. The Morgan fingerprint density at radius 3 is 2.63 bits per heavy atom. The van der Waals surface area contributed by atoms with Crippen molar-refractivity contribution in [3.63, 3.8) is 0 Å². The summed E-state index contributed by atoms with van der Waals surface area (Å²) in [4.78, 5) is 36.3. The average Bonchev–Trinajstić information content (AvgIpc) is 2.32. The number of H-pyrrole nitrogens is 1. The first-order chi connectivity index (χ1) is 8.82. The second-order valence-electron chi connectivity index (χ2n) is 3.62. The maximum Gasteiger partial charge on any atom is 0.323 e. The lowest BCUT2D eigenvalue weighted by molar-refractivity contribution is -0.137. The SMILES string of the molecule is O=C(O)Cn1c(=O)c(=O)[nH]c2cc(Cl)c(Cl)c(Br)c21. The standard InChI is InChI=1S/C10H5BrCl2N2O4/c11-6-7(13)3(12)1-4-8(6)15(2-5(16)17)10(19)9(18)14-4/h1H,2H2,(H,14,18)(H,16,17). The number of carbonyl (C=O) groups is 1. The molecule has 19 heavy (non-hydrogen) atoms. The first-order valence-electron chi connectivity index (χ1n) is 4.85. The molecule has 0 fully saturated rings. The van der Waals surface area contributed by atoms with Gasteiger partial charge in [-0.2, -0.15) is 0 Å². The molecule has 0 atom stereocenters. The summed E-state index contributed by atoms with van der Waals surface area (Å²) < 4.78 is 1.06. The Morgan fingerprint density at radius 2 is 2.05 bits per heavy atom. The van der Waals surface area contributed by atoms with Gasteiger partial charge in [-0.25, -0.2) is 0 Å². The fraction of sp³-hybridized carbons (Fsp3) is 0.100. The van der Waals surface area contributed by atoms with Gasteiger partial charge in [-0.05, 0) is 22.0 Å². The molecule has 6 nitrogen and oxygen atoms in total. The molecule has 0 unspecified atom stereocenters.